The Kier molecular flexibility index (Phi) is 2.05. The third-order valence-corrected chi connectivity index (χ3v) is 1.60. The average Bonchev–Trinajstić information content (AvgIpc) is 1.90. The monoisotopic (exact) mass is 128 g/mol. The lowest BCUT2D eigenvalue weighted by Crippen LogP contribution is -2.44. The van der Waals surface area contributed by atoms with Gasteiger partial charge in [-0.3, -0.25) is 9.69 Å². The topological polar surface area (TPSA) is 32.3 Å². The third kappa shape index (κ3) is 1.68. The van der Waals surface area contributed by atoms with Gasteiger partial charge in [0.05, 0.1) is 6.67 Å². The number of carbonyl (C=O) groups excluding carboxylic acids is 1. The molecule has 0 unspecified atom stereocenters. The summed E-state index contributed by atoms with van der Waals surface area (Å²) < 4.78 is 0. The molecule has 0 aromatic rings. The predicted molar refractivity (Wildman–Crippen MR) is 34.9 cm³/mol. The van der Waals surface area contributed by atoms with Gasteiger partial charge in [0.2, 0.25) is 5.91 Å². The van der Waals surface area contributed by atoms with Crippen LogP contribution in [-0.2, 0) is 4.79 Å². The molecule has 3 nitrogen and oxygen atoms in total. The van der Waals surface area contributed by atoms with Crippen molar-refractivity contribution in [2.24, 2.45) is 0 Å². The van der Waals surface area contributed by atoms with Crippen molar-refractivity contribution in [3.63, 3.8) is 0 Å². The van der Waals surface area contributed by atoms with Crippen molar-refractivity contribution in [3.8, 4) is 0 Å². The summed E-state index contributed by atoms with van der Waals surface area (Å²) in [6.07, 6.45) is 0.661. The molecule has 0 aromatic carbocycles. The lowest BCUT2D eigenvalue weighted by Gasteiger charge is -2.24. The van der Waals surface area contributed by atoms with E-state index in [-0.39, 0.29) is 5.91 Å². The summed E-state index contributed by atoms with van der Waals surface area (Å²) in [4.78, 5) is 12.8. The Balaban J connectivity index is 2.26. The Bertz CT molecular complexity index is 104. The van der Waals surface area contributed by atoms with Gasteiger partial charge in [0, 0.05) is 13.0 Å². The smallest absolute Gasteiger partial charge is 0.222 e. The molecule has 0 saturated carbocycles. The van der Waals surface area contributed by atoms with Crippen LogP contribution in [0.4, 0.5) is 0 Å². The second-order valence-corrected chi connectivity index (χ2v) is 2.22. The molecule has 0 aromatic heterocycles. The molecular weight excluding hydrogens is 116 g/mol. The molecule has 1 rings (SSSR count). The third-order valence-electron chi connectivity index (χ3n) is 1.60. The zero-order valence-corrected chi connectivity index (χ0v) is 5.68. The zero-order chi connectivity index (χ0) is 6.69. The molecule has 1 heterocycles. The van der Waals surface area contributed by atoms with E-state index in [0.29, 0.717) is 6.42 Å². The highest BCUT2D eigenvalue weighted by molar-refractivity contribution is 5.76. The van der Waals surface area contributed by atoms with Gasteiger partial charge in [0.15, 0.2) is 0 Å². The molecular formula is C6H12N2O. The summed E-state index contributed by atoms with van der Waals surface area (Å²) in [5, 5.41) is 2.77. The first kappa shape index (κ1) is 6.55. The molecule has 1 N–H and O–H groups in total. The van der Waals surface area contributed by atoms with Crippen LogP contribution in [0.25, 0.3) is 0 Å². The number of amides is 1. The van der Waals surface area contributed by atoms with Gasteiger partial charge in [-0.05, 0) is 6.54 Å². The molecule has 0 aliphatic carbocycles. The van der Waals surface area contributed by atoms with Gasteiger partial charge in [0.1, 0.15) is 0 Å². The van der Waals surface area contributed by atoms with Gasteiger partial charge in [-0.2, -0.15) is 0 Å². The minimum Gasteiger partial charge on any atom is -0.343 e. The highest BCUT2D eigenvalue weighted by Crippen LogP contribution is 1.94. The fourth-order valence-corrected chi connectivity index (χ4v) is 0.897. The van der Waals surface area contributed by atoms with E-state index in [2.05, 4.69) is 17.1 Å². The van der Waals surface area contributed by atoms with Crippen LogP contribution in [0.15, 0.2) is 0 Å². The molecule has 52 valence electrons. The lowest BCUT2D eigenvalue weighted by atomic mass is 10.3. The Hall–Kier alpha value is -0.570. The lowest BCUT2D eigenvalue weighted by molar-refractivity contribution is -0.124. The van der Waals surface area contributed by atoms with E-state index in [1.54, 1.807) is 0 Å². The molecule has 1 aliphatic heterocycles. The van der Waals surface area contributed by atoms with Crippen molar-refractivity contribution in [2.45, 2.75) is 13.3 Å². The molecule has 0 atom stereocenters. The standard InChI is InChI=1S/C6H12N2O/c1-2-8-4-3-6(9)7-5-8/h2-5H2,1H3,(H,7,9). The fraction of sp³-hybridized carbons (Fsp3) is 0.833. The van der Waals surface area contributed by atoms with E-state index in [0.717, 1.165) is 19.8 Å². The summed E-state index contributed by atoms with van der Waals surface area (Å²) >= 11 is 0. The second kappa shape index (κ2) is 2.82. The first-order valence-corrected chi connectivity index (χ1v) is 3.32. The molecule has 3 heteroatoms. The quantitative estimate of drug-likeness (QED) is 0.529. The number of carbonyl (C=O) groups is 1. The van der Waals surface area contributed by atoms with Crippen molar-refractivity contribution in [3.05, 3.63) is 0 Å². The molecule has 9 heavy (non-hydrogen) atoms. The van der Waals surface area contributed by atoms with E-state index in [4.69, 9.17) is 0 Å². The minimum atomic E-state index is 0.180. The van der Waals surface area contributed by atoms with Crippen LogP contribution in [0.3, 0.4) is 0 Å². The summed E-state index contributed by atoms with van der Waals surface area (Å²) in [6.45, 7) is 4.77. The summed E-state index contributed by atoms with van der Waals surface area (Å²) in [6, 6.07) is 0. The highest BCUT2D eigenvalue weighted by atomic mass is 16.1. The van der Waals surface area contributed by atoms with Gasteiger partial charge >= 0.3 is 0 Å². The molecule has 1 fully saturated rings. The second-order valence-electron chi connectivity index (χ2n) is 2.22. The van der Waals surface area contributed by atoms with Crippen molar-refractivity contribution >= 4 is 5.91 Å². The normalized spacial score (nSPS) is 21.7. The Morgan fingerprint density at radius 2 is 2.56 bits per heavy atom. The van der Waals surface area contributed by atoms with Gasteiger partial charge < -0.3 is 5.32 Å². The van der Waals surface area contributed by atoms with Gasteiger partial charge in [0.25, 0.3) is 0 Å². The molecule has 1 saturated heterocycles. The molecule has 1 aliphatic rings. The van der Waals surface area contributed by atoms with Crippen LogP contribution in [0.1, 0.15) is 13.3 Å². The van der Waals surface area contributed by atoms with Crippen LogP contribution >= 0.6 is 0 Å². The molecule has 0 spiro atoms. The largest absolute Gasteiger partial charge is 0.343 e. The van der Waals surface area contributed by atoms with Crippen molar-refractivity contribution in [2.75, 3.05) is 19.8 Å². The average molecular weight is 128 g/mol. The fourth-order valence-electron chi connectivity index (χ4n) is 0.897. The van der Waals surface area contributed by atoms with Crippen molar-refractivity contribution in [1.29, 1.82) is 0 Å². The SMILES string of the molecule is CCN1CCC(=O)NC1. The van der Waals surface area contributed by atoms with Gasteiger partial charge in [-0.1, -0.05) is 6.92 Å². The summed E-state index contributed by atoms with van der Waals surface area (Å²) in [5.74, 6) is 0.180. The molecule has 1 amide bonds. The first-order chi connectivity index (χ1) is 4.33. The Morgan fingerprint density at radius 3 is 3.00 bits per heavy atom. The predicted octanol–water partition coefficient (Wildman–Crippen LogP) is -0.214. The number of nitrogens with one attached hydrogen (secondary N) is 1. The van der Waals surface area contributed by atoms with Crippen LogP contribution < -0.4 is 5.32 Å². The number of rotatable bonds is 1. The number of nitrogens with zero attached hydrogens (tertiary/aromatic N) is 1. The molecule has 0 radical (unpaired) electrons. The highest BCUT2D eigenvalue weighted by Gasteiger charge is 2.11. The maximum atomic E-state index is 10.6. The van der Waals surface area contributed by atoms with Gasteiger partial charge in [-0.15, -0.1) is 0 Å². The summed E-state index contributed by atoms with van der Waals surface area (Å²) in [5.41, 5.74) is 0. The van der Waals surface area contributed by atoms with Crippen LogP contribution in [-0.4, -0.2) is 30.6 Å². The summed E-state index contributed by atoms with van der Waals surface area (Å²) in [7, 11) is 0. The first-order valence-electron chi connectivity index (χ1n) is 3.32. The van der Waals surface area contributed by atoms with Crippen LogP contribution in [0.5, 0.6) is 0 Å². The van der Waals surface area contributed by atoms with Crippen LogP contribution in [0.2, 0.25) is 0 Å². The Morgan fingerprint density at radius 1 is 1.78 bits per heavy atom. The maximum absolute atomic E-state index is 10.6. The van der Waals surface area contributed by atoms with Gasteiger partial charge in [-0.25, -0.2) is 0 Å². The number of hydrogen-bond acceptors (Lipinski definition) is 2. The minimum absolute atomic E-state index is 0.180. The maximum Gasteiger partial charge on any atom is 0.222 e. The van der Waals surface area contributed by atoms with E-state index in [1.807, 2.05) is 0 Å². The van der Waals surface area contributed by atoms with Crippen LogP contribution in [0, 0.1) is 0 Å². The van der Waals surface area contributed by atoms with Crippen molar-refractivity contribution in [1.82, 2.24) is 10.2 Å². The van der Waals surface area contributed by atoms with E-state index in [9.17, 15) is 4.79 Å². The number of hydrogen-bond donors (Lipinski definition) is 1. The Labute approximate surface area is 55.0 Å². The van der Waals surface area contributed by atoms with E-state index in [1.165, 1.54) is 0 Å². The van der Waals surface area contributed by atoms with E-state index < -0.39 is 0 Å². The van der Waals surface area contributed by atoms with Crippen molar-refractivity contribution < 1.29 is 4.79 Å². The molecule has 0 bridgehead atoms. The zero-order valence-electron chi connectivity index (χ0n) is 5.68. The van der Waals surface area contributed by atoms with E-state index >= 15 is 0 Å².